The van der Waals surface area contributed by atoms with Crippen LogP contribution in [0.4, 0.5) is 5.69 Å². The van der Waals surface area contributed by atoms with E-state index in [1.165, 1.54) is 12.1 Å². The minimum Gasteiger partial charge on any atom is -0.506 e. The molecule has 5 unspecified atom stereocenters. The van der Waals surface area contributed by atoms with E-state index < -0.39 is 22.7 Å². The molecular formula is C25H33NO6. The first-order valence-corrected chi connectivity index (χ1v) is 11.1. The van der Waals surface area contributed by atoms with Gasteiger partial charge in [-0.3, -0.25) is 9.59 Å². The summed E-state index contributed by atoms with van der Waals surface area (Å²) in [6.45, 7) is 9.86. The number of hydrogen-bond donors (Lipinski definition) is 4. The lowest BCUT2D eigenvalue weighted by Crippen LogP contribution is -2.46. The number of nitrogens with one attached hydrogen (secondary N) is 1. The summed E-state index contributed by atoms with van der Waals surface area (Å²) in [4.78, 5) is 36.1. The number of aldehydes is 2. The van der Waals surface area contributed by atoms with Crippen molar-refractivity contribution in [1.29, 1.82) is 0 Å². The number of anilines is 1. The molecule has 2 fully saturated rings. The Hall–Kier alpha value is -2.67. The van der Waals surface area contributed by atoms with E-state index in [0.29, 0.717) is 12.7 Å². The van der Waals surface area contributed by atoms with Crippen molar-refractivity contribution in [3.8, 4) is 11.5 Å². The minimum atomic E-state index is -0.828. The second kappa shape index (κ2) is 8.35. The number of aliphatic hydroxyl groups is 1. The number of rotatable bonds is 8. The van der Waals surface area contributed by atoms with Gasteiger partial charge in [0.25, 0.3) is 0 Å². The van der Waals surface area contributed by atoms with Gasteiger partial charge in [0.05, 0.1) is 11.2 Å². The van der Waals surface area contributed by atoms with Gasteiger partial charge in [-0.25, -0.2) is 0 Å². The molecule has 0 spiro atoms. The summed E-state index contributed by atoms with van der Waals surface area (Å²) in [5, 5.41) is 33.5. The fraction of sp³-hybridized carbons (Fsp3) is 0.560. The third-order valence-corrected chi connectivity index (χ3v) is 7.89. The number of carbonyl (C=O) groups excluding carboxylic acids is 3. The molecule has 3 rings (SSSR count). The average Bonchev–Trinajstić information content (AvgIpc) is 2.95. The third kappa shape index (κ3) is 3.94. The van der Waals surface area contributed by atoms with Crippen LogP contribution in [0.2, 0.25) is 0 Å². The Morgan fingerprint density at radius 3 is 2.62 bits per heavy atom. The number of hydrogen-bond acceptors (Lipinski definition) is 6. The van der Waals surface area contributed by atoms with E-state index in [9.17, 15) is 29.7 Å². The zero-order chi connectivity index (χ0) is 23.9. The highest BCUT2D eigenvalue weighted by Gasteiger charge is 2.62. The highest BCUT2D eigenvalue weighted by atomic mass is 16.3. The number of amides is 1. The highest BCUT2D eigenvalue weighted by molar-refractivity contribution is 5.96. The van der Waals surface area contributed by atoms with Crippen LogP contribution in [-0.2, 0) is 9.59 Å². The largest absolute Gasteiger partial charge is 0.506 e. The van der Waals surface area contributed by atoms with E-state index in [-0.39, 0.29) is 53.0 Å². The second-order valence-corrected chi connectivity index (χ2v) is 10.3. The molecule has 7 heteroatoms. The first-order chi connectivity index (χ1) is 14.9. The molecule has 32 heavy (non-hydrogen) atoms. The van der Waals surface area contributed by atoms with Crippen molar-refractivity contribution in [2.45, 2.75) is 58.5 Å². The lowest BCUT2D eigenvalue weighted by atomic mass is 9.53. The lowest BCUT2D eigenvalue weighted by Gasteiger charge is -2.50. The van der Waals surface area contributed by atoms with Crippen LogP contribution in [0.5, 0.6) is 11.5 Å². The molecule has 174 valence electrons. The summed E-state index contributed by atoms with van der Waals surface area (Å²) in [5.41, 5.74) is -2.30. The topological polar surface area (TPSA) is 124 Å². The molecule has 1 aromatic carbocycles. The monoisotopic (exact) mass is 443 g/mol. The molecule has 6 atom stereocenters. The van der Waals surface area contributed by atoms with E-state index in [1.54, 1.807) is 0 Å². The van der Waals surface area contributed by atoms with Crippen molar-refractivity contribution in [3.63, 3.8) is 0 Å². The van der Waals surface area contributed by atoms with Gasteiger partial charge < -0.3 is 25.4 Å². The average molecular weight is 444 g/mol. The van der Waals surface area contributed by atoms with Crippen molar-refractivity contribution in [2.24, 2.45) is 28.6 Å². The summed E-state index contributed by atoms with van der Waals surface area (Å²) < 4.78 is 0. The highest BCUT2D eigenvalue weighted by Crippen LogP contribution is 2.65. The SMILES string of the molecule is C=CC12CC(CC(C)C1[C@@](C)(C=O)CCC(=O)Nc1c(O)ccc(C=O)c1O)C(C)(O)C2. The number of fused-ring (bicyclic) bond motifs is 2. The fourth-order valence-corrected chi connectivity index (χ4v) is 6.56. The lowest BCUT2D eigenvalue weighted by molar-refractivity contribution is -0.126. The van der Waals surface area contributed by atoms with Gasteiger partial charge in [0.2, 0.25) is 5.91 Å². The number of carbonyl (C=O) groups is 3. The first-order valence-electron chi connectivity index (χ1n) is 11.1. The van der Waals surface area contributed by atoms with Crippen molar-refractivity contribution >= 4 is 24.2 Å². The predicted octanol–water partition coefficient (Wildman–Crippen LogP) is 3.82. The molecule has 7 nitrogen and oxygen atoms in total. The van der Waals surface area contributed by atoms with Gasteiger partial charge in [0.1, 0.15) is 17.7 Å². The van der Waals surface area contributed by atoms with E-state index in [0.717, 1.165) is 19.1 Å². The maximum atomic E-state index is 12.7. The van der Waals surface area contributed by atoms with E-state index in [2.05, 4.69) is 18.8 Å². The van der Waals surface area contributed by atoms with Gasteiger partial charge in [-0.1, -0.05) is 19.9 Å². The molecule has 4 N–H and O–H groups in total. The quantitative estimate of drug-likeness (QED) is 0.275. The van der Waals surface area contributed by atoms with E-state index in [1.807, 2.05) is 19.9 Å². The molecule has 1 aromatic rings. The van der Waals surface area contributed by atoms with Crippen LogP contribution in [0.15, 0.2) is 24.8 Å². The number of phenols is 2. The number of aromatic hydroxyl groups is 2. The van der Waals surface area contributed by atoms with Gasteiger partial charge >= 0.3 is 0 Å². The molecule has 0 saturated heterocycles. The minimum absolute atomic E-state index is 0.0182. The zero-order valence-electron chi connectivity index (χ0n) is 18.9. The molecule has 2 aliphatic carbocycles. The van der Waals surface area contributed by atoms with Crippen LogP contribution in [0.1, 0.15) is 63.2 Å². The fourth-order valence-electron chi connectivity index (χ4n) is 6.56. The third-order valence-electron chi connectivity index (χ3n) is 7.89. The van der Waals surface area contributed by atoms with Gasteiger partial charge in [-0.15, -0.1) is 6.58 Å². The van der Waals surface area contributed by atoms with Gasteiger partial charge in [0.15, 0.2) is 12.0 Å². The van der Waals surface area contributed by atoms with E-state index >= 15 is 0 Å². The summed E-state index contributed by atoms with van der Waals surface area (Å²) in [5.74, 6) is -1.11. The number of allylic oxidation sites excluding steroid dienone is 1. The first kappa shape index (κ1) is 24.0. The maximum absolute atomic E-state index is 12.7. The van der Waals surface area contributed by atoms with Crippen LogP contribution in [0.25, 0.3) is 0 Å². The normalized spacial score (nSPS) is 33.2. The molecule has 0 aromatic heterocycles. The Labute approximate surface area is 188 Å². The zero-order valence-corrected chi connectivity index (χ0v) is 18.9. The van der Waals surface area contributed by atoms with Crippen LogP contribution in [0.3, 0.4) is 0 Å². The Kier molecular flexibility index (Phi) is 6.26. The smallest absolute Gasteiger partial charge is 0.224 e. The van der Waals surface area contributed by atoms with Crippen LogP contribution in [-0.4, -0.2) is 39.4 Å². The molecule has 0 radical (unpaired) electrons. The van der Waals surface area contributed by atoms with Crippen molar-refractivity contribution in [1.82, 2.24) is 0 Å². The van der Waals surface area contributed by atoms with Gasteiger partial charge in [-0.05, 0) is 67.9 Å². The summed E-state index contributed by atoms with van der Waals surface area (Å²) in [6.07, 6.45) is 5.60. The molecule has 2 aliphatic rings. The molecule has 1 amide bonds. The number of benzene rings is 1. The van der Waals surface area contributed by atoms with Gasteiger partial charge in [0, 0.05) is 11.8 Å². The van der Waals surface area contributed by atoms with Crippen molar-refractivity contribution in [3.05, 3.63) is 30.4 Å². The predicted molar refractivity (Wildman–Crippen MR) is 120 cm³/mol. The second-order valence-electron chi connectivity index (χ2n) is 10.3. The molecule has 2 bridgehead atoms. The Morgan fingerprint density at radius 1 is 1.34 bits per heavy atom. The maximum Gasteiger partial charge on any atom is 0.224 e. The summed E-state index contributed by atoms with van der Waals surface area (Å²) in [6, 6.07) is 2.47. The summed E-state index contributed by atoms with van der Waals surface area (Å²) in [7, 11) is 0. The Bertz CT molecular complexity index is 941. The number of phenolic OH excluding ortho intramolecular Hbond substituents is 2. The van der Waals surface area contributed by atoms with Crippen LogP contribution in [0, 0.1) is 28.6 Å². The van der Waals surface area contributed by atoms with Crippen LogP contribution >= 0.6 is 0 Å². The summed E-state index contributed by atoms with van der Waals surface area (Å²) >= 11 is 0. The van der Waals surface area contributed by atoms with E-state index in [4.69, 9.17) is 0 Å². The Balaban J connectivity index is 1.80. The van der Waals surface area contributed by atoms with Crippen molar-refractivity contribution in [2.75, 3.05) is 5.32 Å². The van der Waals surface area contributed by atoms with Crippen molar-refractivity contribution < 1.29 is 29.7 Å². The van der Waals surface area contributed by atoms with Gasteiger partial charge in [-0.2, -0.15) is 0 Å². The molecular weight excluding hydrogens is 410 g/mol. The van der Waals surface area contributed by atoms with Crippen LogP contribution < -0.4 is 5.32 Å². The molecule has 0 heterocycles. The standard InChI is InChI=1S/C25H33NO6/c1-5-25-11-17(24(4,32)13-25)10-15(2)22(25)23(3,14-28)9-8-19(30)26-20-18(29)7-6-16(12-27)21(20)31/h5-7,12,14-15,17,22,29,31-32H,1,8-11,13H2,2-4H3,(H,26,30)/t15?,17?,22?,23-,24?,25?/m1/s1. The molecule has 2 saturated carbocycles. The molecule has 0 aliphatic heterocycles. The Morgan fingerprint density at radius 2 is 2.03 bits per heavy atom.